The van der Waals surface area contributed by atoms with Gasteiger partial charge in [-0.1, -0.05) is 78.9 Å². The zero-order valence-corrected chi connectivity index (χ0v) is 14.0. The average Bonchev–Trinajstić information content (AvgIpc) is 3.09. The molecule has 2 heteroatoms. The summed E-state index contributed by atoms with van der Waals surface area (Å²) < 4.78 is 6.13. The smallest absolute Gasteiger partial charge is 0.124 e. The van der Waals surface area contributed by atoms with Gasteiger partial charge >= 0.3 is 0 Å². The van der Waals surface area contributed by atoms with Gasteiger partial charge < -0.3 is 10.1 Å². The number of hydrogen-bond acceptors (Lipinski definition) is 2. The van der Waals surface area contributed by atoms with Crippen molar-refractivity contribution in [2.45, 2.75) is 18.0 Å². The third-order valence-corrected chi connectivity index (χ3v) is 5.64. The van der Waals surface area contributed by atoms with Gasteiger partial charge in [0, 0.05) is 29.5 Å². The third kappa shape index (κ3) is 2.45. The minimum Gasteiger partial charge on any atom is -0.493 e. The van der Waals surface area contributed by atoms with E-state index in [1.54, 1.807) is 0 Å². The van der Waals surface area contributed by atoms with E-state index in [1.807, 2.05) is 0 Å². The fourth-order valence-corrected chi connectivity index (χ4v) is 4.53. The molecule has 0 unspecified atom stereocenters. The van der Waals surface area contributed by atoms with Crippen LogP contribution < -0.4 is 10.1 Å². The number of rotatable bonds is 2. The van der Waals surface area contributed by atoms with Crippen molar-refractivity contribution >= 4 is 0 Å². The van der Waals surface area contributed by atoms with Crippen LogP contribution in [0.2, 0.25) is 0 Å². The normalized spacial score (nSPS) is 27.2. The molecule has 2 nitrogen and oxygen atoms in total. The van der Waals surface area contributed by atoms with Crippen molar-refractivity contribution in [2.24, 2.45) is 5.92 Å². The van der Waals surface area contributed by atoms with Crippen LogP contribution in [0.3, 0.4) is 0 Å². The number of nitrogens with one attached hydrogen (secondary N) is 1. The molecule has 1 saturated heterocycles. The molecule has 25 heavy (non-hydrogen) atoms. The van der Waals surface area contributed by atoms with Gasteiger partial charge in [0.2, 0.25) is 0 Å². The quantitative estimate of drug-likeness (QED) is 0.725. The summed E-state index contributed by atoms with van der Waals surface area (Å²) in [6.45, 7) is 0.761. The largest absolute Gasteiger partial charge is 0.493 e. The van der Waals surface area contributed by atoms with Gasteiger partial charge in [-0.25, -0.2) is 0 Å². The van der Waals surface area contributed by atoms with Gasteiger partial charge in [0.25, 0.3) is 0 Å². The summed E-state index contributed by atoms with van der Waals surface area (Å²) in [5.41, 5.74) is 4.03. The van der Waals surface area contributed by atoms with Gasteiger partial charge in [-0.2, -0.15) is 0 Å². The molecule has 2 heterocycles. The molecular formula is C23H21NO. The molecule has 0 saturated carbocycles. The van der Waals surface area contributed by atoms with E-state index >= 15 is 0 Å². The number of hydrogen-bond donors (Lipinski definition) is 1. The molecule has 5 rings (SSSR count). The molecule has 3 aromatic carbocycles. The number of para-hydroxylation sites is 1. The Morgan fingerprint density at radius 3 is 2.08 bits per heavy atom. The number of fused-ring (bicyclic) bond motifs is 3. The van der Waals surface area contributed by atoms with Gasteiger partial charge in [-0.15, -0.1) is 0 Å². The van der Waals surface area contributed by atoms with Crippen LogP contribution in [0.4, 0.5) is 0 Å². The Bertz CT molecular complexity index is 862. The summed E-state index contributed by atoms with van der Waals surface area (Å²) in [6, 6.07) is 30.8. The first-order valence-corrected chi connectivity index (χ1v) is 8.99. The first-order chi connectivity index (χ1) is 12.4. The number of benzene rings is 3. The lowest BCUT2D eigenvalue weighted by atomic mass is 9.78. The molecule has 2 aliphatic rings. The van der Waals surface area contributed by atoms with Crippen molar-refractivity contribution in [1.29, 1.82) is 0 Å². The lowest BCUT2D eigenvalue weighted by Crippen LogP contribution is -2.28. The summed E-state index contributed by atoms with van der Waals surface area (Å²) in [6.07, 6.45) is 0. The highest BCUT2D eigenvalue weighted by Crippen LogP contribution is 2.52. The Labute approximate surface area is 148 Å². The molecule has 0 aromatic heterocycles. The van der Waals surface area contributed by atoms with Crippen molar-refractivity contribution in [3.63, 3.8) is 0 Å². The van der Waals surface area contributed by atoms with Crippen LogP contribution in [0.1, 0.15) is 34.7 Å². The first kappa shape index (κ1) is 14.7. The molecule has 0 aliphatic carbocycles. The fourth-order valence-electron chi connectivity index (χ4n) is 4.53. The maximum atomic E-state index is 6.13. The molecule has 124 valence electrons. The minimum absolute atomic E-state index is 0.299. The zero-order valence-electron chi connectivity index (χ0n) is 14.0. The maximum absolute atomic E-state index is 6.13. The van der Waals surface area contributed by atoms with E-state index in [4.69, 9.17) is 4.74 Å². The highest BCUT2D eigenvalue weighted by atomic mass is 16.5. The Morgan fingerprint density at radius 1 is 0.680 bits per heavy atom. The van der Waals surface area contributed by atoms with E-state index in [0.29, 0.717) is 23.9 Å². The maximum Gasteiger partial charge on any atom is 0.124 e. The minimum atomic E-state index is 0.299. The molecule has 1 N–H and O–H groups in total. The molecular weight excluding hydrogens is 306 g/mol. The van der Waals surface area contributed by atoms with Crippen LogP contribution in [-0.2, 0) is 0 Å². The number of ether oxygens (including phenoxy) is 1. The Kier molecular flexibility index (Phi) is 3.57. The average molecular weight is 327 g/mol. The molecule has 3 aromatic rings. The van der Waals surface area contributed by atoms with Gasteiger partial charge in [0.05, 0.1) is 6.61 Å². The Morgan fingerprint density at radius 2 is 1.32 bits per heavy atom. The summed E-state index contributed by atoms with van der Waals surface area (Å²) in [7, 11) is 0. The lowest BCUT2D eigenvalue weighted by Gasteiger charge is -2.31. The summed E-state index contributed by atoms with van der Waals surface area (Å²) >= 11 is 0. The summed E-state index contributed by atoms with van der Waals surface area (Å²) in [5, 5.41) is 3.93. The molecule has 0 spiro atoms. The zero-order chi connectivity index (χ0) is 16.6. The highest BCUT2D eigenvalue weighted by Gasteiger charge is 2.47. The van der Waals surface area contributed by atoms with Crippen LogP contribution in [0.5, 0.6) is 5.75 Å². The van der Waals surface area contributed by atoms with E-state index in [2.05, 4.69) is 90.2 Å². The van der Waals surface area contributed by atoms with Crippen molar-refractivity contribution < 1.29 is 4.74 Å². The van der Waals surface area contributed by atoms with Gasteiger partial charge in [-0.3, -0.25) is 0 Å². The monoisotopic (exact) mass is 327 g/mol. The van der Waals surface area contributed by atoms with E-state index in [0.717, 1.165) is 12.4 Å². The third-order valence-electron chi connectivity index (χ3n) is 5.64. The molecule has 1 fully saturated rings. The van der Waals surface area contributed by atoms with Gasteiger partial charge in [0.1, 0.15) is 5.75 Å². The van der Waals surface area contributed by atoms with Crippen molar-refractivity contribution in [2.75, 3.05) is 6.61 Å². The van der Waals surface area contributed by atoms with E-state index in [9.17, 15) is 0 Å². The fraction of sp³-hybridized carbons (Fsp3) is 0.217. The SMILES string of the molecule is c1ccc([C@H]2[C@H]3COc4ccccc4[C@@H]3N[C@@H]2c2ccccc2)cc1. The van der Waals surface area contributed by atoms with E-state index in [-0.39, 0.29) is 0 Å². The van der Waals surface area contributed by atoms with Gasteiger partial charge in [0.15, 0.2) is 0 Å². The standard InChI is InChI=1S/C23H21NO/c1-3-9-16(10-4-1)21-19-15-25-20-14-8-7-13-18(20)23(19)24-22(21)17-11-5-2-6-12-17/h1-14,19,21-24H,15H2/t19-,21+,22-,23+/m1/s1. The Balaban J connectivity index is 1.62. The first-order valence-electron chi connectivity index (χ1n) is 8.99. The molecule has 4 atom stereocenters. The van der Waals surface area contributed by atoms with Crippen LogP contribution >= 0.6 is 0 Å². The van der Waals surface area contributed by atoms with E-state index in [1.165, 1.54) is 16.7 Å². The lowest BCUT2D eigenvalue weighted by molar-refractivity contribution is 0.193. The molecule has 0 amide bonds. The summed E-state index contributed by atoms with van der Waals surface area (Å²) in [5.74, 6) is 1.86. The van der Waals surface area contributed by atoms with Gasteiger partial charge in [-0.05, 0) is 17.2 Å². The van der Waals surface area contributed by atoms with E-state index < -0.39 is 0 Å². The van der Waals surface area contributed by atoms with Crippen LogP contribution in [0.25, 0.3) is 0 Å². The van der Waals surface area contributed by atoms with Crippen LogP contribution in [0.15, 0.2) is 84.9 Å². The second kappa shape index (κ2) is 6.05. The highest BCUT2D eigenvalue weighted by molar-refractivity contribution is 5.42. The van der Waals surface area contributed by atoms with Crippen LogP contribution in [-0.4, -0.2) is 6.61 Å². The predicted octanol–water partition coefficient (Wildman–Crippen LogP) is 4.86. The topological polar surface area (TPSA) is 21.3 Å². The molecule has 2 aliphatic heterocycles. The summed E-state index contributed by atoms with van der Waals surface area (Å²) in [4.78, 5) is 0. The predicted molar refractivity (Wildman–Crippen MR) is 99.7 cm³/mol. The second-order valence-electron chi connectivity index (χ2n) is 6.98. The molecule has 0 radical (unpaired) electrons. The van der Waals surface area contributed by atoms with Crippen molar-refractivity contribution in [1.82, 2.24) is 5.32 Å². The van der Waals surface area contributed by atoms with Crippen molar-refractivity contribution in [3.8, 4) is 5.75 Å². The molecule has 0 bridgehead atoms. The Hall–Kier alpha value is -2.58. The second-order valence-corrected chi connectivity index (χ2v) is 6.98. The van der Waals surface area contributed by atoms with Crippen molar-refractivity contribution in [3.05, 3.63) is 102 Å². The van der Waals surface area contributed by atoms with Crippen LogP contribution in [0, 0.1) is 5.92 Å².